The van der Waals surface area contributed by atoms with Crippen molar-refractivity contribution in [1.29, 1.82) is 0 Å². The lowest BCUT2D eigenvalue weighted by molar-refractivity contribution is -0.142. The minimum atomic E-state index is -0.208. The highest BCUT2D eigenvalue weighted by Crippen LogP contribution is 2.31. The smallest absolute Gasteiger partial charge is 0.251 e. The number of fused-ring (bicyclic) bond motifs is 1. The number of H-pyrrole nitrogens is 1. The van der Waals surface area contributed by atoms with Crippen molar-refractivity contribution in [2.24, 2.45) is 0 Å². The van der Waals surface area contributed by atoms with Gasteiger partial charge in [-0.25, -0.2) is 0 Å². The first-order valence-electron chi connectivity index (χ1n) is 10.6. The Kier molecular flexibility index (Phi) is 5.08. The van der Waals surface area contributed by atoms with Crippen LogP contribution in [0.15, 0.2) is 54.6 Å². The summed E-state index contributed by atoms with van der Waals surface area (Å²) >= 11 is 0. The Labute approximate surface area is 171 Å². The lowest BCUT2D eigenvalue weighted by Crippen LogP contribution is -2.51. The van der Waals surface area contributed by atoms with Gasteiger partial charge < -0.3 is 14.6 Å². The fourth-order valence-corrected chi connectivity index (χ4v) is 4.54. The van der Waals surface area contributed by atoms with Gasteiger partial charge in [-0.3, -0.25) is 9.69 Å². The number of aromatic amines is 1. The van der Waals surface area contributed by atoms with Gasteiger partial charge in [0.25, 0.3) is 5.91 Å². The summed E-state index contributed by atoms with van der Waals surface area (Å²) in [5, 5.41) is 1.28. The van der Waals surface area contributed by atoms with Gasteiger partial charge >= 0.3 is 0 Å². The largest absolute Gasteiger partial charge is 0.368 e. The molecule has 1 unspecified atom stereocenters. The van der Waals surface area contributed by atoms with Crippen molar-refractivity contribution in [2.75, 3.05) is 32.8 Å². The van der Waals surface area contributed by atoms with Crippen LogP contribution in [0.3, 0.4) is 0 Å². The predicted octanol–water partition coefficient (Wildman–Crippen LogP) is 3.66. The van der Waals surface area contributed by atoms with Crippen LogP contribution in [0, 0.1) is 0 Å². The third kappa shape index (κ3) is 3.68. The lowest BCUT2D eigenvalue weighted by Gasteiger charge is -2.35. The maximum atomic E-state index is 12.6. The molecule has 5 heteroatoms. The van der Waals surface area contributed by atoms with Gasteiger partial charge in [0.2, 0.25) is 0 Å². The van der Waals surface area contributed by atoms with Crippen molar-refractivity contribution in [2.45, 2.75) is 25.5 Å². The number of carbonyl (C=O) groups is 1. The molecule has 1 amide bonds. The maximum Gasteiger partial charge on any atom is 0.251 e. The van der Waals surface area contributed by atoms with Gasteiger partial charge in [0.1, 0.15) is 6.10 Å². The summed E-state index contributed by atoms with van der Waals surface area (Å²) in [5.74, 6) is 0.180. The Balaban J connectivity index is 1.34. The number of aromatic nitrogens is 1. The van der Waals surface area contributed by atoms with E-state index in [0.29, 0.717) is 0 Å². The summed E-state index contributed by atoms with van der Waals surface area (Å²) < 4.78 is 5.58. The minimum absolute atomic E-state index is 0.180. The molecule has 2 aliphatic heterocycles. The average Bonchev–Trinajstić information content (AvgIpc) is 3.43. The number of nitrogens with zero attached hydrogens (tertiary/aromatic N) is 2. The van der Waals surface area contributed by atoms with E-state index in [9.17, 15) is 4.79 Å². The molecule has 0 radical (unpaired) electrons. The average molecular weight is 389 g/mol. The molecule has 3 aromatic rings. The quantitative estimate of drug-likeness (QED) is 0.741. The van der Waals surface area contributed by atoms with Gasteiger partial charge in [-0.05, 0) is 30.0 Å². The Hall–Kier alpha value is -2.63. The van der Waals surface area contributed by atoms with E-state index in [2.05, 4.69) is 64.5 Å². The first-order chi connectivity index (χ1) is 14.3. The molecule has 0 saturated carbocycles. The van der Waals surface area contributed by atoms with Crippen LogP contribution < -0.4 is 0 Å². The van der Waals surface area contributed by atoms with Gasteiger partial charge in [-0.15, -0.1) is 0 Å². The van der Waals surface area contributed by atoms with Crippen LogP contribution in [-0.2, 0) is 16.1 Å². The van der Waals surface area contributed by atoms with Crippen molar-refractivity contribution in [3.05, 3.63) is 60.2 Å². The number of amides is 1. The van der Waals surface area contributed by atoms with Crippen LogP contribution in [-0.4, -0.2) is 59.6 Å². The molecule has 0 bridgehead atoms. The van der Waals surface area contributed by atoms with Crippen LogP contribution in [0.1, 0.15) is 18.4 Å². The summed E-state index contributed by atoms with van der Waals surface area (Å²) in [5.41, 5.74) is 4.93. The Morgan fingerprint density at radius 3 is 2.52 bits per heavy atom. The van der Waals surface area contributed by atoms with E-state index in [-0.39, 0.29) is 12.0 Å². The molecular weight excluding hydrogens is 362 g/mol. The van der Waals surface area contributed by atoms with Crippen LogP contribution in [0.2, 0.25) is 0 Å². The van der Waals surface area contributed by atoms with Crippen molar-refractivity contribution < 1.29 is 9.53 Å². The van der Waals surface area contributed by atoms with Crippen LogP contribution in [0.25, 0.3) is 22.2 Å². The molecule has 1 atom stereocenters. The third-order valence-electron chi connectivity index (χ3n) is 6.15. The summed E-state index contributed by atoms with van der Waals surface area (Å²) in [6.07, 6.45) is 1.66. The number of ether oxygens (including phenoxy) is 1. The van der Waals surface area contributed by atoms with Crippen LogP contribution in [0.4, 0.5) is 0 Å². The van der Waals surface area contributed by atoms with E-state index in [0.717, 1.165) is 52.2 Å². The van der Waals surface area contributed by atoms with Gasteiger partial charge in [0, 0.05) is 50.2 Å². The van der Waals surface area contributed by atoms with Crippen molar-refractivity contribution in [3.63, 3.8) is 0 Å². The van der Waals surface area contributed by atoms with Gasteiger partial charge in [0.05, 0.1) is 5.69 Å². The van der Waals surface area contributed by atoms with Crippen LogP contribution in [0.5, 0.6) is 0 Å². The van der Waals surface area contributed by atoms with Gasteiger partial charge in [-0.1, -0.05) is 48.5 Å². The molecule has 5 rings (SSSR count). The zero-order valence-electron chi connectivity index (χ0n) is 16.6. The second-order valence-corrected chi connectivity index (χ2v) is 7.99. The second-order valence-electron chi connectivity index (χ2n) is 7.99. The first kappa shape index (κ1) is 18.4. The highest BCUT2D eigenvalue weighted by Gasteiger charge is 2.30. The molecule has 1 N–H and O–H groups in total. The minimum Gasteiger partial charge on any atom is -0.368 e. The van der Waals surface area contributed by atoms with E-state index in [4.69, 9.17) is 4.74 Å². The summed E-state index contributed by atoms with van der Waals surface area (Å²) in [6, 6.07) is 19.1. The fourth-order valence-electron chi connectivity index (χ4n) is 4.54. The number of nitrogens with one attached hydrogen (secondary N) is 1. The molecule has 29 heavy (non-hydrogen) atoms. The molecule has 5 nitrogen and oxygen atoms in total. The second kappa shape index (κ2) is 8.01. The first-order valence-corrected chi connectivity index (χ1v) is 10.6. The number of rotatable bonds is 4. The molecule has 2 saturated heterocycles. The van der Waals surface area contributed by atoms with Crippen molar-refractivity contribution in [1.82, 2.24) is 14.8 Å². The molecule has 0 spiro atoms. The molecule has 2 aromatic carbocycles. The maximum absolute atomic E-state index is 12.6. The summed E-state index contributed by atoms with van der Waals surface area (Å²) in [6.45, 7) is 4.96. The number of hydrogen-bond acceptors (Lipinski definition) is 3. The summed E-state index contributed by atoms with van der Waals surface area (Å²) in [7, 11) is 0. The zero-order valence-corrected chi connectivity index (χ0v) is 16.6. The zero-order chi connectivity index (χ0) is 19.6. The summed E-state index contributed by atoms with van der Waals surface area (Å²) in [4.78, 5) is 20.7. The Morgan fingerprint density at radius 1 is 1.00 bits per heavy atom. The van der Waals surface area contributed by atoms with Crippen LogP contribution >= 0.6 is 0 Å². The molecule has 2 aliphatic rings. The topological polar surface area (TPSA) is 48.6 Å². The monoisotopic (exact) mass is 389 g/mol. The number of para-hydroxylation sites is 1. The molecule has 2 fully saturated rings. The van der Waals surface area contributed by atoms with Gasteiger partial charge in [0.15, 0.2) is 0 Å². The third-order valence-corrected chi connectivity index (χ3v) is 6.15. The molecular formula is C24H27N3O2. The van der Waals surface area contributed by atoms with E-state index >= 15 is 0 Å². The molecule has 3 heterocycles. The lowest BCUT2D eigenvalue weighted by atomic mass is 10.0. The standard InChI is InChI=1S/C24H27N3O2/c28-24(22-11-6-16-29-22)27-14-12-26(13-15-27)17-20-19-9-4-5-10-21(19)25-23(20)18-7-2-1-3-8-18/h1-5,7-10,22,25H,6,11-17H2. The van der Waals surface area contributed by atoms with Crippen molar-refractivity contribution in [3.8, 4) is 11.3 Å². The number of piperazine rings is 1. The predicted molar refractivity (Wildman–Crippen MR) is 115 cm³/mol. The van der Waals surface area contributed by atoms with E-state index < -0.39 is 0 Å². The van der Waals surface area contributed by atoms with Crippen molar-refractivity contribution >= 4 is 16.8 Å². The highest BCUT2D eigenvalue weighted by molar-refractivity contribution is 5.90. The number of hydrogen-bond donors (Lipinski definition) is 1. The number of benzene rings is 2. The Bertz CT molecular complexity index is 984. The number of carbonyl (C=O) groups excluding carboxylic acids is 1. The fraction of sp³-hybridized carbons (Fsp3) is 0.375. The van der Waals surface area contributed by atoms with Gasteiger partial charge in [-0.2, -0.15) is 0 Å². The highest BCUT2D eigenvalue weighted by atomic mass is 16.5. The van der Waals surface area contributed by atoms with E-state index in [1.807, 2.05) is 4.90 Å². The van der Waals surface area contributed by atoms with E-state index in [1.165, 1.54) is 27.7 Å². The SMILES string of the molecule is O=C(C1CCCO1)N1CCN(Cc2c(-c3ccccc3)[nH]c3ccccc23)CC1. The van der Waals surface area contributed by atoms with E-state index in [1.54, 1.807) is 0 Å². The Morgan fingerprint density at radius 2 is 1.76 bits per heavy atom. The normalized spacial score (nSPS) is 20.4. The molecule has 150 valence electrons. The molecule has 0 aliphatic carbocycles. The molecule has 1 aromatic heterocycles.